The number of hydrogen-bond donors (Lipinski definition) is 1. The highest BCUT2D eigenvalue weighted by Gasteiger charge is 2.49. The Morgan fingerprint density at radius 1 is 1.09 bits per heavy atom. The van der Waals surface area contributed by atoms with E-state index in [1.54, 1.807) is 6.20 Å². The van der Waals surface area contributed by atoms with Crippen molar-refractivity contribution in [3.63, 3.8) is 0 Å². The van der Waals surface area contributed by atoms with E-state index in [0.717, 1.165) is 27.8 Å². The number of rotatable bonds is 4. The summed E-state index contributed by atoms with van der Waals surface area (Å²) in [5.74, 6) is -0.215. The standard InChI is InChI=1S/C28H23N3OS/c1-18-3-6-20(7-4-18)21-9-11-22(12-10-21)25-24-15-19(17-29)5-8-23(24)16-28(25,2)26(32)31-27-30-13-14-33-27/h3-15,25H,16H2,1-2H3,(H,30,31,32)/t25-,28+/m0/s1. The summed E-state index contributed by atoms with van der Waals surface area (Å²) in [7, 11) is 0. The molecule has 4 nitrogen and oxygen atoms in total. The fourth-order valence-corrected chi connectivity index (χ4v) is 5.36. The minimum atomic E-state index is -0.701. The predicted octanol–water partition coefficient (Wildman–Crippen LogP) is 6.32. The van der Waals surface area contributed by atoms with Crippen molar-refractivity contribution < 1.29 is 4.79 Å². The van der Waals surface area contributed by atoms with Crippen molar-refractivity contribution in [3.8, 4) is 17.2 Å². The zero-order valence-corrected chi connectivity index (χ0v) is 19.3. The van der Waals surface area contributed by atoms with E-state index in [1.807, 2.05) is 30.5 Å². The predicted molar refractivity (Wildman–Crippen MR) is 132 cm³/mol. The van der Waals surface area contributed by atoms with Crippen LogP contribution in [0.15, 0.2) is 78.3 Å². The van der Waals surface area contributed by atoms with Crippen LogP contribution in [0.4, 0.5) is 5.13 Å². The van der Waals surface area contributed by atoms with Gasteiger partial charge in [0.2, 0.25) is 5.91 Å². The Morgan fingerprint density at radius 3 is 2.42 bits per heavy atom. The SMILES string of the molecule is Cc1ccc(-c2ccc([C@H]3c4cc(C#N)ccc4C[C@@]3(C)C(=O)Nc3nccs3)cc2)cc1. The summed E-state index contributed by atoms with van der Waals surface area (Å²) < 4.78 is 0. The van der Waals surface area contributed by atoms with Crippen LogP contribution in [0.25, 0.3) is 11.1 Å². The van der Waals surface area contributed by atoms with Crippen LogP contribution in [0.3, 0.4) is 0 Å². The van der Waals surface area contributed by atoms with Crippen LogP contribution in [-0.4, -0.2) is 10.9 Å². The molecule has 1 heterocycles. The second kappa shape index (κ2) is 8.31. The third-order valence-corrected chi connectivity index (χ3v) is 7.27. The quantitative estimate of drug-likeness (QED) is 0.396. The number of nitriles is 1. The lowest BCUT2D eigenvalue weighted by molar-refractivity contribution is -0.125. The number of nitrogens with zero attached hydrogens (tertiary/aromatic N) is 2. The fraction of sp³-hybridized carbons (Fsp3) is 0.179. The number of hydrogen-bond acceptors (Lipinski definition) is 4. The number of thiazole rings is 1. The topological polar surface area (TPSA) is 65.8 Å². The van der Waals surface area contributed by atoms with Crippen LogP contribution in [0.2, 0.25) is 0 Å². The van der Waals surface area contributed by atoms with Gasteiger partial charge in [0.1, 0.15) is 0 Å². The number of aryl methyl sites for hydroxylation is 1. The average molecular weight is 450 g/mol. The second-order valence-corrected chi connectivity index (χ2v) is 9.73. The number of carbonyl (C=O) groups excluding carboxylic acids is 1. The maximum absolute atomic E-state index is 13.6. The normalized spacial score (nSPS) is 19.0. The number of aromatic nitrogens is 1. The molecule has 1 aliphatic carbocycles. The maximum Gasteiger partial charge on any atom is 0.233 e. The summed E-state index contributed by atoms with van der Waals surface area (Å²) in [6.07, 6.45) is 2.29. The van der Waals surface area contributed by atoms with E-state index in [4.69, 9.17) is 0 Å². The van der Waals surface area contributed by atoms with Gasteiger partial charge in [-0.25, -0.2) is 4.98 Å². The molecule has 1 aliphatic rings. The minimum Gasteiger partial charge on any atom is -0.301 e. The summed E-state index contributed by atoms with van der Waals surface area (Å²) in [6, 6.07) is 24.9. The third-order valence-electron chi connectivity index (χ3n) is 6.58. The molecule has 0 saturated carbocycles. The molecule has 0 fully saturated rings. The summed E-state index contributed by atoms with van der Waals surface area (Å²) in [5.41, 5.74) is 6.66. The van der Waals surface area contributed by atoms with E-state index >= 15 is 0 Å². The highest BCUT2D eigenvalue weighted by atomic mass is 32.1. The van der Waals surface area contributed by atoms with E-state index in [1.165, 1.54) is 16.9 Å². The number of nitrogens with one attached hydrogen (secondary N) is 1. The van der Waals surface area contributed by atoms with Gasteiger partial charge in [-0.2, -0.15) is 5.26 Å². The van der Waals surface area contributed by atoms with Gasteiger partial charge < -0.3 is 5.32 Å². The third kappa shape index (κ3) is 3.83. The molecular formula is C28H23N3OS. The largest absolute Gasteiger partial charge is 0.301 e. The van der Waals surface area contributed by atoms with E-state index < -0.39 is 5.41 Å². The molecule has 0 unspecified atom stereocenters. The monoisotopic (exact) mass is 449 g/mol. The van der Waals surface area contributed by atoms with Gasteiger partial charge in [-0.05, 0) is 60.2 Å². The summed E-state index contributed by atoms with van der Waals surface area (Å²) >= 11 is 1.41. The van der Waals surface area contributed by atoms with E-state index in [2.05, 4.69) is 71.8 Å². The highest BCUT2D eigenvalue weighted by molar-refractivity contribution is 7.13. The molecule has 3 aromatic carbocycles. The van der Waals surface area contributed by atoms with E-state index in [9.17, 15) is 10.1 Å². The molecule has 5 heteroatoms. The van der Waals surface area contributed by atoms with Crippen molar-refractivity contribution in [1.82, 2.24) is 4.98 Å². The lowest BCUT2D eigenvalue weighted by Gasteiger charge is -2.31. The van der Waals surface area contributed by atoms with Crippen LogP contribution in [0, 0.1) is 23.7 Å². The van der Waals surface area contributed by atoms with E-state index in [0.29, 0.717) is 17.1 Å². The van der Waals surface area contributed by atoms with Crippen LogP contribution >= 0.6 is 11.3 Å². The number of amides is 1. The lowest BCUT2D eigenvalue weighted by Crippen LogP contribution is -2.37. The molecule has 0 radical (unpaired) electrons. The summed E-state index contributed by atoms with van der Waals surface area (Å²) in [6.45, 7) is 4.10. The molecule has 4 aromatic rings. The Morgan fingerprint density at radius 2 is 1.79 bits per heavy atom. The van der Waals surface area contributed by atoms with Gasteiger partial charge >= 0.3 is 0 Å². The lowest BCUT2D eigenvalue weighted by atomic mass is 9.73. The smallest absolute Gasteiger partial charge is 0.233 e. The molecule has 33 heavy (non-hydrogen) atoms. The summed E-state index contributed by atoms with van der Waals surface area (Å²) in [4.78, 5) is 17.8. The van der Waals surface area contributed by atoms with Gasteiger partial charge in [0.25, 0.3) is 0 Å². The zero-order valence-electron chi connectivity index (χ0n) is 18.5. The van der Waals surface area contributed by atoms with Crippen molar-refractivity contribution in [2.24, 2.45) is 5.41 Å². The van der Waals surface area contributed by atoms with Crippen LogP contribution in [0.5, 0.6) is 0 Å². The number of fused-ring (bicyclic) bond motifs is 1. The molecule has 1 amide bonds. The maximum atomic E-state index is 13.6. The van der Waals surface area contributed by atoms with Crippen LogP contribution in [-0.2, 0) is 11.2 Å². The van der Waals surface area contributed by atoms with Gasteiger partial charge in [0.15, 0.2) is 5.13 Å². The van der Waals surface area contributed by atoms with Crippen molar-refractivity contribution >= 4 is 22.4 Å². The number of benzene rings is 3. The van der Waals surface area contributed by atoms with Crippen molar-refractivity contribution in [3.05, 3.63) is 106 Å². The van der Waals surface area contributed by atoms with Gasteiger partial charge in [0.05, 0.1) is 17.0 Å². The van der Waals surface area contributed by atoms with Crippen molar-refractivity contribution in [1.29, 1.82) is 5.26 Å². The van der Waals surface area contributed by atoms with E-state index in [-0.39, 0.29) is 11.8 Å². The first-order valence-corrected chi connectivity index (χ1v) is 11.8. The molecule has 0 saturated heterocycles. The van der Waals surface area contributed by atoms with Crippen molar-refractivity contribution in [2.75, 3.05) is 5.32 Å². The average Bonchev–Trinajstić information content (AvgIpc) is 3.45. The van der Waals surface area contributed by atoms with Gasteiger partial charge in [-0.1, -0.05) is 60.2 Å². The first kappa shape index (κ1) is 21.1. The van der Waals surface area contributed by atoms with Crippen LogP contribution < -0.4 is 5.32 Å². The molecule has 2 atom stereocenters. The van der Waals surface area contributed by atoms with Gasteiger partial charge in [-0.3, -0.25) is 4.79 Å². The van der Waals surface area contributed by atoms with Crippen LogP contribution in [0.1, 0.15) is 40.7 Å². The first-order chi connectivity index (χ1) is 16.0. The molecule has 1 N–H and O–H groups in total. The molecule has 0 bridgehead atoms. The Hall–Kier alpha value is -3.75. The zero-order chi connectivity index (χ0) is 23.0. The molecular weight excluding hydrogens is 426 g/mol. The first-order valence-electron chi connectivity index (χ1n) is 10.9. The van der Waals surface area contributed by atoms with Crippen molar-refractivity contribution in [2.45, 2.75) is 26.2 Å². The molecule has 0 aliphatic heterocycles. The molecule has 162 valence electrons. The van der Waals surface area contributed by atoms with Gasteiger partial charge in [0, 0.05) is 17.5 Å². The Kier molecular flexibility index (Phi) is 5.32. The Labute approximate surface area is 197 Å². The minimum absolute atomic E-state index is 0.0558. The second-order valence-electron chi connectivity index (χ2n) is 8.83. The highest BCUT2D eigenvalue weighted by Crippen LogP contribution is 2.51. The number of carbonyl (C=O) groups is 1. The Balaban J connectivity index is 1.56. The summed E-state index contributed by atoms with van der Waals surface area (Å²) in [5, 5.41) is 14.9. The molecule has 1 aromatic heterocycles. The number of anilines is 1. The fourth-order valence-electron chi connectivity index (χ4n) is 4.83. The molecule has 5 rings (SSSR count). The molecule has 0 spiro atoms. The Bertz CT molecular complexity index is 1350. The van der Waals surface area contributed by atoms with Gasteiger partial charge in [-0.15, -0.1) is 11.3 Å².